The Labute approximate surface area is 141 Å². The van der Waals surface area contributed by atoms with Gasteiger partial charge in [-0.15, -0.1) is 12.4 Å². The summed E-state index contributed by atoms with van der Waals surface area (Å²) in [4.78, 5) is 14.7. The van der Waals surface area contributed by atoms with E-state index in [4.69, 9.17) is 9.47 Å². The number of hydrogen-bond donors (Lipinski definition) is 1. The molecule has 1 aromatic heterocycles. The van der Waals surface area contributed by atoms with Crippen molar-refractivity contribution < 1.29 is 14.3 Å². The predicted octanol–water partition coefficient (Wildman–Crippen LogP) is 1.84. The SMILES string of the molecule is CC1CN(C(=O)[C@H]2NCCO[C@@H]2C)CC(c2ccsc2)O1.Cl. The lowest BCUT2D eigenvalue weighted by Gasteiger charge is -2.40. The molecule has 0 saturated carbocycles. The van der Waals surface area contributed by atoms with Crippen molar-refractivity contribution >= 4 is 29.7 Å². The molecule has 3 heterocycles. The molecule has 0 radical (unpaired) electrons. The Bertz CT molecular complexity index is 485. The molecular formula is C15H23ClN2O3S. The van der Waals surface area contributed by atoms with Crippen LogP contribution in [0.15, 0.2) is 16.8 Å². The number of amides is 1. The average molecular weight is 347 g/mol. The maximum absolute atomic E-state index is 12.8. The van der Waals surface area contributed by atoms with Crippen molar-refractivity contribution in [1.29, 1.82) is 0 Å². The van der Waals surface area contributed by atoms with Gasteiger partial charge < -0.3 is 19.7 Å². The molecule has 4 atom stereocenters. The van der Waals surface area contributed by atoms with E-state index >= 15 is 0 Å². The Balaban J connectivity index is 0.00000176. The van der Waals surface area contributed by atoms with Gasteiger partial charge in [-0.25, -0.2) is 0 Å². The van der Waals surface area contributed by atoms with Crippen LogP contribution in [0.25, 0.3) is 0 Å². The van der Waals surface area contributed by atoms with E-state index in [0.717, 1.165) is 12.1 Å². The van der Waals surface area contributed by atoms with Crippen LogP contribution >= 0.6 is 23.7 Å². The average Bonchev–Trinajstić information content (AvgIpc) is 3.01. The lowest BCUT2D eigenvalue weighted by atomic mass is 10.1. The van der Waals surface area contributed by atoms with Crippen LogP contribution in [0.2, 0.25) is 0 Å². The fourth-order valence-electron chi connectivity index (χ4n) is 2.98. The van der Waals surface area contributed by atoms with Gasteiger partial charge in [0.2, 0.25) is 5.91 Å². The third-order valence-electron chi connectivity index (χ3n) is 4.07. The van der Waals surface area contributed by atoms with Gasteiger partial charge in [0.1, 0.15) is 12.1 Å². The Kier molecular flexibility index (Phi) is 6.23. The minimum atomic E-state index is -0.243. The lowest BCUT2D eigenvalue weighted by molar-refractivity contribution is -0.152. The highest BCUT2D eigenvalue weighted by Crippen LogP contribution is 2.27. The molecule has 1 N–H and O–H groups in total. The molecule has 2 fully saturated rings. The molecule has 2 aliphatic rings. The summed E-state index contributed by atoms with van der Waals surface area (Å²) in [5.74, 6) is 0.123. The van der Waals surface area contributed by atoms with Crippen molar-refractivity contribution in [3.8, 4) is 0 Å². The summed E-state index contributed by atoms with van der Waals surface area (Å²) in [6.45, 7) is 6.63. The first-order valence-electron chi connectivity index (χ1n) is 7.46. The smallest absolute Gasteiger partial charge is 0.242 e. The highest BCUT2D eigenvalue weighted by atomic mass is 35.5. The Morgan fingerprint density at radius 1 is 1.41 bits per heavy atom. The van der Waals surface area contributed by atoms with Crippen LogP contribution in [0.1, 0.15) is 25.5 Å². The zero-order valence-electron chi connectivity index (χ0n) is 12.9. The molecule has 2 aliphatic heterocycles. The van der Waals surface area contributed by atoms with Crippen LogP contribution in [0.3, 0.4) is 0 Å². The second-order valence-electron chi connectivity index (χ2n) is 5.74. The predicted molar refractivity (Wildman–Crippen MR) is 88.6 cm³/mol. The molecule has 0 bridgehead atoms. The molecule has 3 rings (SSSR count). The van der Waals surface area contributed by atoms with Gasteiger partial charge >= 0.3 is 0 Å². The summed E-state index contributed by atoms with van der Waals surface area (Å²) in [5.41, 5.74) is 1.16. The molecule has 22 heavy (non-hydrogen) atoms. The number of carbonyl (C=O) groups excluding carboxylic acids is 1. The van der Waals surface area contributed by atoms with E-state index in [9.17, 15) is 4.79 Å². The van der Waals surface area contributed by atoms with Crippen LogP contribution < -0.4 is 5.32 Å². The zero-order valence-corrected chi connectivity index (χ0v) is 14.5. The second kappa shape index (κ2) is 7.75. The van der Waals surface area contributed by atoms with Crippen molar-refractivity contribution in [3.05, 3.63) is 22.4 Å². The number of thiophene rings is 1. The fourth-order valence-corrected chi connectivity index (χ4v) is 3.68. The quantitative estimate of drug-likeness (QED) is 0.887. The third kappa shape index (κ3) is 3.81. The van der Waals surface area contributed by atoms with Gasteiger partial charge in [-0.2, -0.15) is 11.3 Å². The molecule has 5 nitrogen and oxygen atoms in total. The van der Waals surface area contributed by atoms with Crippen LogP contribution in [-0.2, 0) is 14.3 Å². The molecule has 2 saturated heterocycles. The van der Waals surface area contributed by atoms with Crippen LogP contribution in [-0.4, -0.2) is 55.3 Å². The number of nitrogens with one attached hydrogen (secondary N) is 1. The van der Waals surface area contributed by atoms with Gasteiger partial charge in [0.05, 0.1) is 25.4 Å². The molecule has 1 amide bonds. The monoisotopic (exact) mass is 346 g/mol. The summed E-state index contributed by atoms with van der Waals surface area (Å²) < 4.78 is 11.6. The van der Waals surface area contributed by atoms with Crippen molar-refractivity contribution in [3.63, 3.8) is 0 Å². The van der Waals surface area contributed by atoms with Crippen LogP contribution in [0.4, 0.5) is 0 Å². The first kappa shape index (κ1) is 17.7. The number of rotatable bonds is 2. The Morgan fingerprint density at radius 2 is 2.23 bits per heavy atom. The lowest BCUT2D eigenvalue weighted by Crippen LogP contribution is -2.59. The summed E-state index contributed by atoms with van der Waals surface area (Å²) >= 11 is 1.66. The number of carbonyl (C=O) groups is 1. The summed E-state index contributed by atoms with van der Waals surface area (Å²) in [7, 11) is 0. The van der Waals surface area contributed by atoms with Crippen molar-refractivity contribution in [2.24, 2.45) is 0 Å². The summed E-state index contributed by atoms with van der Waals surface area (Å²) in [6.07, 6.45) is -0.0554. The van der Waals surface area contributed by atoms with E-state index in [-0.39, 0.29) is 42.7 Å². The van der Waals surface area contributed by atoms with E-state index in [1.807, 2.05) is 24.1 Å². The van der Waals surface area contributed by atoms with Crippen molar-refractivity contribution in [1.82, 2.24) is 10.2 Å². The minimum Gasteiger partial charge on any atom is -0.375 e. The molecule has 0 aromatic carbocycles. The topological polar surface area (TPSA) is 50.8 Å². The molecule has 124 valence electrons. The van der Waals surface area contributed by atoms with Gasteiger partial charge in [-0.3, -0.25) is 4.79 Å². The summed E-state index contributed by atoms with van der Waals surface area (Å²) in [6, 6.07) is 1.83. The van der Waals surface area contributed by atoms with Gasteiger partial charge in [-0.1, -0.05) is 0 Å². The first-order chi connectivity index (χ1) is 10.1. The molecule has 7 heteroatoms. The number of morpholine rings is 2. The Hall–Kier alpha value is -0.660. The van der Waals surface area contributed by atoms with Crippen LogP contribution in [0.5, 0.6) is 0 Å². The molecule has 0 spiro atoms. The number of ether oxygens (including phenoxy) is 2. The normalized spacial score (nSPS) is 32.4. The van der Waals surface area contributed by atoms with Gasteiger partial charge in [0, 0.05) is 13.1 Å². The van der Waals surface area contributed by atoms with Gasteiger partial charge in [0.15, 0.2) is 0 Å². The number of hydrogen-bond acceptors (Lipinski definition) is 5. The van der Waals surface area contributed by atoms with Crippen LogP contribution in [0, 0.1) is 0 Å². The van der Waals surface area contributed by atoms with Crippen molar-refractivity contribution in [2.75, 3.05) is 26.2 Å². The highest BCUT2D eigenvalue weighted by Gasteiger charge is 2.36. The first-order valence-corrected chi connectivity index (χ1v) is 8.40. The van der Waals surface area contributed by atoms with Crippen molar-refractivity contribution in [2.45, 2.75) is 38.2 Å². The zero-order chi connectivity index (χ0) is 14.8. The maximum atomic E-state index is 12.8. The fraction of sp³-hybridized carbons (Fsp3) is 0.667. The van der Waals surface area contributed by atoms with E-state index in [1.54, 1.807) is 11.3 Å². The molecule has 2 unspecified atom stereocenters. The molecule has 0 aliphatic carbocycles. The van der Waals surface area contributed by atoms with E-state index in [1.165, 1.54) is 0 Å². The standard InChI is InChI=1S/C15H22N2O3S.ClH/c1-10-7-17(8-13(20-10)12-3-6-21-9-12)15(18)14-11(2)19-5-4-16-14;/h3,6,9-11,13-14,16H,4-5,7-8H2,1-2H3;1H/t10?,11-,13?,14+;/m1./s1. The molecular weight excluding hydrogens is 324 g/mol. The van der Waals surface area contributed by atoms with Gasteiger partial charge in [-0.05, 0) is 36.2 Å². The highest BCUT2D eigenvalue weighted by molar-refractivity contribution is 7.07. The van der Waals surface area contributed by atoms with E-state index in [0.29, 0.717) is 19.7 Å². The maximum Gasteiger partial charge on any atom is 0.242 e. The largest absolute Gasteiger partial charge is 0.375 e. The second-order valence-corrected chi connectivity index (χ2v) is 6.52. The third-order valence-corrected chi connectivity index (χ3v) is 4.77. The molecule has 1 aromatic rings. The van der Waals surface area contributed by atoms with Gasteiger partial charge in [0.25, 0.3) is 0 Å². The minimum absolute atomic E-state index is 0. The summed E-state index contributed by atoms with van der Waals surface area (Å²) in [5, 5.41) is 7.41. The van der Waals surface area contributed by atoms with E-state index < -0.39 is 0 Å². The number of nitrogens with zero attached hydrogens (tertiary/aromatic N) is 1. The van der Waals surface area contributed by atoms with E-state index in [2.05, 4.69) is 16.8 Å². The number of halogens is 1. The Morgan fingerprint density at radius 3 is 2.91 bits per heavy atom.